The molecule has 1 rings (SSSR count). The highest BCUT2D eigenvalue weighted by molar-refractivity contribution is 5.64. The van der Waals surface area contributed by atoms with E-state index < -0.39 is 0 Å². The normalized spacial score (nSPS) is 8.33. The maximum atomic E-state index is 10.0. The molecule has 0 saturated heterocycles. The second kappa shape index (κ2) is 4.16. The number of benzene rings is 1. The summed E-state index contributed by atoms with van der Waals surface area (Å²) in [7, 11) is 0. The highest BCUT2D eigenvalue weighted by Gasteiger charge is 1.98. The molecule has 1 aromatic rings. The van der Waals surface area contributed by atoms with Crippen LogP contribution >= 0.6 is 0 Å². The maximum absolute atomic E-state index is 10.0. The summed E-state index contributed by atoms with van der Waals surface area (Å²) in [6.45, 7) is 3.77. The molecule has 0 aliphatic rings. The van der Waals surface area contributed by atoms with Gasteiger partial charge in [-0.25, -0.2) is 0 Å². The summed E-state index contributed by atoms with van der Waals surface area (Å²) in [6, 6.07) is 9.21. The first-order valence-corrected chi connectivity index (χ1v) is 3.44. The predicted molar refractivity (Wildman–Crippen MR) is 46.1 cm³/mol. The number of carbonyl (C=O) groups is 1. The monoisotopic (exact) mass is 160 g/mol. The molecule has 0 aliphatic heterocycles. The summed E-state index contributed by atoms with van der Waals surface area (Å²) >= 11 is 0. The van der Waals surface area contributed by atoms with E-state index in [1.165, 1.54) is 0 Å². The third kappa shape index (κ3) is 1.84. The van der Waals surface area contributed by atoms with Gasteiger partial charge >= 0.3 is 0 Å². The lowest BCUT2D eigenvalue weighted by atomic mass is 10.2. The SMILES string of the molecule is C=C=C(OC=O)c1ccccc1. The smallest absolute Gasteiger partial charge is 0.299 e. The molecule has 0 aromatic heterocycles. The molecule has 0 fully saturated rings. The van der Waals surface area contributed by atoms with Gasteiger partial charge in [0.15, 0.2) is 5.76 Å². The summed E-state index contributed by atoms with van der Waals surface area (Å²) in [5, 5.41) is 0. The Labute approximate surface area is 70.8 Å². The average Bonchev–Trinajstić information content (AvgIpc) is 2.15. The van der Waals surface area contributed by atoms with Crippen LogP contribution in [-0.2, 0) is 9.53 Å². The maximum Gasteiger partial charge on any atom is 0.299 e. The number of rotatable bonds is 3. The van der Waals surface area contributed by atoms with Crippen LogP contribution in [0.1, 0.15) is 5.56 Å². The lowest BCUT2D eigenvalue weighted by Crippen LogP contribution is -1.87. The van der Waals surface area contributed by atoms with Crippen molar-refractivity contribution in [3.8, 4) is 0 Å². The van der Waals surface area contributed by atoms with Gasteiger partial charge in [-0.05, 0) is 0 Å². The van der Waals surface area contributed by atoms with Crippen LogP contribution in [0.4, 0.5) is 0 Å². The van der Waals surface area contributed by atoms with E-state index >= 15 is 0 Å². The zero-order valence-electron chi connectivity index (χ0n) is 6.49. The Morgan fingerprint density at radius 1 is 1.42 bits per heavy atom. The topological polar surface area (TPSA) is 26.3 Å². The van der Waals surface area contributed by atoms with E-state index in [-0.39, 0.29) is 0 Å². The zero-order valence-corrected chi connectivity index (χ0v) is 6.49. The first-order chi connectivity index (χ1) is 5.88. The fourth-order valence-corrected chi connectivity index (χ4v) is 0.849. The van der Waals surface area contributed by atoms with Crippen molar-refractivity contribution in [2.24, 2.45) is 0 Å². The van der Waals surface area contributed by atoms with Gasteiger partial charge in [0.2, 0.25) is 0 Å². The third-order valence-electron chi connectivity index (χ3n) is 1.36. The van der Waals surface area contributed by atoms with Crippen molar-refractivity contribution in [2.45, 2.75) is 0 Å². The molecule has 60 valence electrons. The van der Waals surface area contributed by atoms with E-state index in [0.717, 1.165) is 5.56 Å². The van der Waals surface area contributed by atoms with Gasteiger partial charge in [0.05, 0.1) is 0 Å². The molecule has 0 N–H and O–H groups in total. The molecule has 2 nitrogen and oxygen atoms in total. The summed E-state index contributed by atoms with van der Waals surface area (Å²) in [5.41, 5.74) is 3.32. The van der Waals surface area contributed by atoms with Gasteiger partial charge in [0.25, 0.3) is 6.47 Å². The van der Waals surface area contributed by atoms with Crippen molar-refractivity contribution in [1.82, 2.24) is 0 Å². The number of carbonyl (C=O) groups excluding carboxylic acids is 1. The Morgan fingerprint density at radius 2 is 2.08 bits per heavy atom. The summed E-state index contributed by atoms with van der Waals surface area (Å²) in [6.07, 6.45) is 0. The third-order valence-corrected chi connectivity index (χ3v) is 1.36. The Balaban J connectivity index is 2.96. The summed E-state index contributed by atoms with van der Waals surface area (Å²) < 4.78 is 4.64. The van der Waals surface area contributed by atoms with Crippen molar-refractivity contribution < 1.29 is 9.53 Å². The van der Waals surface area contributed by atoms with Crippen molar-refractivity contribution in [2.75, 3.05) is 0 Å². The van der Waals surface area contributed by atoms with E-state index in [4.69, 9.17) is 0 Å². The predicted octanol–water partition coefficient (Wildman–Crippen LogP) is 1.99. The minimum atomic E-state index is 0.352. The molecule has 12 heavy (non-hydrogen) atoms. The van der Waals surface area contributed by atoms with Crippen LogP contribution in [0, 0.1) is 0 Å². The lowest BCUT2D eigenvalue weighted by Gasteiger charge is -1.99. The first-order valence-electron chi connectivity index (χ1n) is 3.44. The van der Waals surface area contributed by atoms with E-state index in [1.807, 2.05) is 30.3 Å². The largest absolute Gasteiger partial charge is 0.419 e. The number of hydrogen-bond acceptors (Lipinski definition) is 2. The Kier molecular flexibility index (Phi) is 2.88. The molecule has 0 atom stereocenters. The molecule has 1 aromatic carbocycles. The fourth-order valence-electron chi connectivity index (χ4n) is 0.849. The van der Waals surface area contributed by atoms with Gasteiger partial charge in [-0.3, -0.25) is 4.79 Å². The molecule has 0 aliphatic carbocycles. The van der Waals surface area contributed by atoms with Gasteiger partial charge in [0.1, 0.15) is 0 Å². The van der Waals surface area contributed by atoms with Crippen LogP contribution in [0.25, 0.3) is 5.76 Å². The lowest BCUT2D eigenvalue weighted by molar-refractivity contribution is -0.122. The van der Waals surface area contributed by atoms with Crippen molar-refractivity contribution in [3.63, 3.8) is 0 Å². The Bertz CT molecular complexity index is 308. The van der Waals surface area contributed by atoms with E-state index in [9.17, 15) is 4.79 Å². The quantitative estimate of drug-likeness (QED) is 0.384. The Morgan fingerprint density at radius 3 is 2.58 bits per heavy atom. The molecule has 0 bridgehead atoms. The van der Waals surface area contributed by atoms with Crippen LogP contribution < -0.4 is 0 Å². The Hall–Kier alpha value is -1.79. The van der Waals surface area contributed by atoms with Crippen LogP contribution in [0.5, 0.6) is 0 Å². The van der Waals surface area contributed by atoms with E-state index in [2.05, 4.69) is 17.0 Å². The van der Waals surface area contributed by atoms with Crippen molar-refractivity contribution in [3.05, 3.63) is 48.2 Å². The molecule has 0 radical (unpaired) electrons. The second-order valence-corrected chi connectivity index (χ2v) is 2.09. The minimum absolute atomic E-state index is 0.352. The van der Waals surface area contributed by atoms with Crippen LogP contribution in [-0.4, -0.2) is 6.47 Å². The van der Waals surface area contributed by atoms with Crippen molar-refractivity contribution in [1.29, 1.82) is 0 Å². The minimum Gasteiger partial charge on any atom is -0.419 e. The first kappa shape index (κ1) is 8.31. The van der Waals surface area contributed by atoms with Crippen molar-refractivity contribution >= 4 is 12.2 Å². The number of hydrogen-bond donors (Lipinski definition) is 0. The van der Waals surface area contributed by atoms with Crippen LogP contribution in [0.3, 0.4) is 0 Å². The second-order valence-electron chi connectivity index (χ2n) is 2.09. The van der Waals surface area contributed by atoms with Gasteiger partial charge in [-0.1, -0.05) is 42.6 Å². The molecule has 0 amide bonds. The highest BCUT2D eigenvalue weighted by Crippen LogP contribution is 2.11. The van der Waals surface area contributed by atoms with Gasteiger partial charge < -0.3 is 4.74 Å². The molecule has 2 heteroatoms. The zero-order chi connectivity index (χ0) is 8.81. The molecular weight excluding hydrogens is 152 g/mol. The summed E-state index contributed by atoms with van der Waals surface area (Å²) in [4.78, 5) is 10.0. The standard InChI is InChI=1S/C10H8O2/c1-2-10(12-8-11)9-6-4-3-5-7-9/h3-8H,1H2. The molecule has 0 saturated carbocycles. The molecule has 0 heterocycles. The van der Waals surface area contributed by atoms with E-state index in [0.29, 0.717) is 12.2 Å². The molecule has 0 unspecified atom stereocenters. The fraction of sp³-hybridized carbons (Fsp3) is 0. The number of ether oxygens (including phenoxy) is 1. The van der Waals surface area contributed by atoms with E-state index in [1.54, 1.807) is 0 Å². The molecule has 0 spiro atoms. The summed E-state index contributed by atoms with van der Waals surface area (Å²) in [5.74, 6) is 0.352. The average molecular weight is 160 g/mol. The van der Waals surface area contributed by atoms with Gasteiger partial charge in [-0.2, -0.15) is 0 Å². The van der Waals surface area contributed by atoms with Gasteiger partial charge in [-0.15, -0.1) is 0 Å². The molecular formula is C10H8O2. The van der Waals surface area contributed by atoms with Crippen LogP contribution in [0.2, 0.25) is 0 Å². The van der Waals surface area contributed by atoms with Crippen LogP contribution in [0.15, 0.2) is 42.6 Å². The van der Waals surface area contributed by atoms with Gasteiger partial charge in [0, 0.05) is 5.56 Å². The highest BCUT2D eigenvalue weighted by atomic mass is 16.5.